The zero-order chi connectivity index (χ0) is 41.5. The Morgan fingerprint density at radius 2 is 1.74 bits per heavy atom. The number of ether oxygens (including phenoxy) is 1. The number of carbonyl (C=O) groups is 3. The van der Waals surface area contributed by atoms with Crippen molar-refractivity contribution in [1.82, 2.24) is 45.2 Å². The largest absolute Gasteiger partial charge is 0.444 e. The number of nitrogens with one attached hydrogen (secondary N) is 3. The Bertz CT molecular complexity index is 2000. The zero-order valence-corrected chi connectivity index (χ0v) is 35.4. The van der Waals surface area contributed by atoms with E-state index in [0.29, 0.717) is 55.0 Å². The number of hydrogen-bond acceptors (Lipinski definition) is 11. The van der Waals surface area contributed by atoms with Gasteiger partial charge in [-0.1, -0.05) is 20.8 Å². The Hall–Kier alpha value is -5.24. The van der Waals surface area contributed by atoms with Crippen molar-refractivity contribution in [3.63, 3.8) is 0 Å². The van der Waals surface area contributed by atoms with Gasteiger partial charge in [0.15, 0.2) is 5.65 Å². The molecule has 6 heterocycles. The summed E-state index contributed by atoms with van der Waals surface area (Å²) in [7, 11) is 0. The van der Waals surface area contributed by atoms with Gasteiger partial charge in [-0.3, -0.25) is 14.3 Å². The van der Waals surface area contributed by atoms with Crippen LogP contribution in [0.15, 0.2) is 24.8 Å². The summed E-state index contributed by atoms with van der Waals surface area (Å²) in [6.45, 7) is 21.7. The van der Waals surface area contributed by atoms with Gasteiger partial charge in [-0.05, 0) is 72.8 Å². The molecular weight excluding hydrogens is 748 g/mol. The molecule has 0 saturated carbocycles. The molecule has 4 atom stereocenters. The molecule has 0 spiro atoms. The number of rotatable bonds is 5. The first kappa shape index (κ1) is 46.1. The molecule has 3 aliphatic heterocycles. The van der Waals surface area contributed by atoms with Crippen LogP contribution in [0.1, 0.15) is 91.9 Å². The minimum absolute atomic E-state index is 0. The second-order valence-electron chi connectivity index (χ2n) is 17.3. The molecule has 6 rings (SSSR count). The maximum absolute atomic E-state index is 13.4. The number of fused-ring (bicyclic) bond motifs is 1. The van der Waals surface area contributed by atoms with Crippen molar-refractivity contribution in [2.24, 2.45) is 22.2 Å². The van der Waals surface area contributed by atoms with E-state index in [1.807, 2.05) is 68.5 Å². The van der Waals surface area contributed by atoms with Gasteiger partial charge >= 0.3 is 6.09 Å². The number of H-pyrrole nitrogens is 1. The van der Waals surface area contributed by atoms with Gasteiger partial charge in [0.25, 0.3) is 5.91 Å². The predicted molar refractivity (Wildman–Crippen MR) is 216 cm³/mol. The maximum Gasteiger partial charge on any atom is 0.410 e. The molecule has 3 unspecified atom stereocenters. The molecule has 0 radical (unpaired) electrons. The summed E-state index contributed by atoms with van der Waals surface area (Å²) in [5, 5.41) is 37.0. The van der Waals surface area contributed by atoms with E-state index in [1.54, 1.807) is 33.1 Å². The lowest BCUT2D eigenvalue weighted by atomic mass is 9.85. The quantitative estimate of drug-likeness (QED) is 0.294. The summed E-state index contributed by atoms with van der Waals surface area (Å²) in [4.78, 5) is 53.6. The minimum Gasteiger partial charge on any atom is -0.444 e. The van der Waals surface area contributed by atoms with Gasteiger partial charge < -0.3 is 30.2 Å². The Kier molecular flexibility index (Phi) is 15.2. The summed E-state index contributed by atoms with van der Waals surface area (Å²) < 4.78 is 6.98. The van der Waals surface area contributed by atoms with Crippen LogP contribution in [0.5, 0.6) is 0 Å². The van der Waals surface area contributed by atoms with E-state index < -0.39 is 28.4 Å². The smallest absolute Gasteiger partial charge is 0.410 e. The molecule has 3 N–H and O–H groups in total. The first-order valence-electron chi connectivity index (χ1n) is 19.1. The number of halogens is 1. The fraction of sp³-hybridized carbons (Fsp3) is 0.625. The number of nitriles is 3. The zero-order valence-electron chi connectivity index (χ0n) is 34.6. The van der Waals surface area contributed by atoms with Crippen LogP contribution in [0, 0.1) is 56.2 Å². The van der Waals surface area contributed by atoms with Crippen LogP contribution in [0.3, 0.4) is 0 Å². The molecule has 3 saturated heterocycles. The monoisotopic (exact) mass is 804 g/mol. The van der Waals surface area contributed by atoms with Gasteiger partial charge in [-0.15, -0.1) is 12.4 Å². The summed E-state index contributed by atoms with van der Waals surface area (Å²) in [6, 6.07) is 5.98. The number of nitrogens with zero attached hydrogens (tertiary/aromatic N) is 9. The highest BCUT2D eigenvalue weighted by Gasteiger charge is 2.42. The van der Waals surface area contributed by atoms with Gasteiger partial charge in [-0.2, -0.15) is 20.9 Å². The van der Waals surface area contributed by atoms with Crippen LogP contribution in [-0.2, 0) is 16.1 Å². The predicted octanol–water partition coefficient (Wildman–Crippen LogP) is 5.45. The van der Waals surface area contributed by atoms with Crippen LogP contribution in [0.2, 0.25) is 0 Å². The van der Waals surface area contributed by atoms with E-state index >= 15 is 0 Å². The van der Waals surface area contributed by atoms with Crippen LogP contribution in [-0.4, -0.2) is 103 Å². The normalized spacial score (nSPS) is 22.0. The minimum atomic E-state index is -0.759. The number of aryl methyl sites for hydroxylation is 1. The molecule has 308 valence electrons. The molecule has 3 aromatic heterocycles. The number of aromatic amines is 1. The summed E-state index contributed by atoms with van der Waals surface area (Å²) in [5.74, 6) is -0.613. The molecule has 0 bridgehead atoms. The average Bonchev–Trinajstić information content (AvgIpc) is 4.00. The summed E-state index contributed by atoms with van der Waals surface area (Å²) in [6.07, 6.45) is 8.86. The standard InChI is InChI=1S/C24H30N8O2.C10H16N2O2.C6H10N2.ClH/c1-6-32-12-15(9-28-32)17-11-27-20-18(29-17)16(10-26-20)21(33)30-19(23(2,3)4)22(34)31-8-7-24(5,13-25)14-31;1-10(2,3)14-9(13)12-5-4-8(6-11)7-12;1-6(4-7)2-3-8-5-6;/h9-12,19H,6-8,14H2,1-5H3,(H,26,27)(H,30,33);8H,4-5,7H2,1-3H3;8H,2-3,5H2,1H3;1H/t19-,24?;;;/m0.../s1. The SMILES string of the molecule is CC(C)(C)OC(=O)N1CCC(C#N)C1.CC1(C#N)CCNC1.CCn1cc(-c2cnc3[nH]cc(C(=O)N[C@@H](C(=O)N4CCC(C)(C#N)C4)C(C)(C)C)c3n2)cn1.Cl. The van der Waals surface area contributed by atoms with Gasteiger partial charge in [-0.25, -0.2) is 14.8 Å². The molecule has 3 fully saturated rings. The number of likely N-dealkylation sites (tertiary alicyclic amines) is 2. The maximum atomic E-state index is 13.4. The van der Waals surface area contributed by atoms with E-state index in [4.69, 9.17) is 15.3 Å². The van der Waals surface area contributed by atoms with E-state index in [0.717, 1.165) is 38.0 Å². The number of carbonyl (C=O) groups excluding carboxylic acids is 3. The third-order valence-electron chi connectivity index (χ3n) is 9.98. The first-order valence-corrected chi connectivity index (χ1v) is 19.1. The van der Waals surface area contributed by atoms with Gasteiger partial charge in [0.2, 0.25) is 5.91 Å². The van der Waals surface area contributed by atoms with Crippen molar-refractivity contribution in [2.75, 3.05) is 39.3 Å². The fourth-order valence-corrected chi connectivity index (χ4v) is 6.42. The van der Waals surface area contributed by atoms with Crippen molar-refractivity contribution in [2.45, 2.75) is 99.8 Å². The van der Waals surface area contributed by atoms with E-state index in [2.05, 4.69) is 48.9 Å². The van der Waals surface area contributed by atoms with Crippen LogP contribution < -0.4 is 10.6 Å². The molecule has 57 heavy (non-hydrogen) atoms. The summed E-state index contributed by atoms with van der Waals surface area (Å²) >= 11 is 0. The molecular formula is C40H57ClN12O4. The summed E-state index contributed by atoms with van der Waals surface area (Å²) in [5.41, 5.74) is 1.03. The molecule has 17 heteroatoms. The molecule has 0 aliphatic carbocycles. The van der Waals surface area contributed by atoms with Gasteiger partial charge in [0.05, 0.1) is 58.6 Å². The third kappa shape index (κ3) is 12.1. The Balaban J connectivity index is 0.000000309. The topological polar surface area (TPSA) is 222 Å². The average molecular weight is 805 g/mol. The highest BCUT2D eigenvalue weighted by molar-refractivity contribution is 6.06. The van der Waals surface area contributed by atoms with Crippen molar-refractivity contribution in [3.8, 4) is 29.5 Å². The van der Waals surface area contributed by atoms with Crippen molar-refractivity contribution >= 4 is 41.5 Å². The fourth-order valence-electron chi connectivity index (χ4n) is 6.42. The van der Waals surface area contributed by atoms with Crippen molar-refractivity contribution in [1.29, 1.82) is 15.8 Å². The third-order valence-corrected chi connectivity index (χ3v) is 9.98. The van der Waals surface area contributed by atoms with Crippen molar-refractivity contribution in [3.05, 3.63) is 30.4 Å². The van der Waals surface area contributed by atoms with E-state index in [1.165, 1.54) is 0 Å². The molecule has 3 aliphatic rings. The van der Waals surface area contributed by atoms with Gasteiger partial charge in [0, 0.05) is 57.2 Å². The van der Waals surface area contributed by atoms with Crippen molar-refractivity contribution < 1.29 is 19.1 Å². The number of amides is 3. The molecule has 16 nitrogen and oxygen atoms in total. The van der Waals surface area contributed by atoms with Gasteiger partial charge in [0.1, 0.15) is 17.2 Å². The van der Waals surface area contributed by atoms with Crippen LogP contribution in [0.4, 0.5) is 4.79 Å². The Morgan fingerprint density at radius 3 is 2.25 bits per heavy atom. The lowest BCUT2D eigenvalue weighted by molar-refractivity contribution is -0.135. The van der Waals surface area contributed by atoms with Crippen LogP contribution >= 0.6 is 12.4 Å². The first-order chi connectivity index (χ1) is 26.2. The van der Waals surface area contributed by atoms with E-state index in [-0.39, 0.29) is 35.7 Å². The van der Waals surface area contributed by atoms with Crippen LogP contribution in [0.25, 0.3) is 22.4 Å². The Morgan fingerprint density at radius 1 is 1.04 bits per heavy atom. The molecule has 0 aromatic carbocycles. The molecule has 3 amide bonds. The second kappa shape index (κ2) is 18.8. The Labute approximate surface area is 341 Å². The number of hydrogen-bond donors (Lipinski definition) is 3. The molecule has 3 aromatic rings. The lowest BCUT2D eigenvalue weighted by Crippen LogP contribution is -2.54. The van der Waals surface area contributed by atoms with E-state index in [9.17, 15) is 19.6 Å². The highest BCUT2D eigenvalue weighted by atomic mass is 35.5. The lowest BCUT2D eigenvalue weighted by Gasteiger charge is -2.33. The number of aromatic nitrogens is 5. The highest BCUT2D eigenvalue weighted by Crippen LogP contribution is 2.32. The second-order valence-corrected chi connectivity index (χ2v) is 17.3.